The van der Waals surface area contributed by atoms with Crippen LogP contribution in [0.3, 0.4) is 0 Å². The van der Waals surface area contributed by atoms with Crippen molar-refractivity contribution in [2.75, 3.05) is 78.5 Å². The zero-order valence-electron chi connectivity index (χ0n) is 36.9. The number of piperazine rings is 1. The number of nitrogens with zero attached hydrogens (tertiary/aromatic N) is 6. The lowest BCUT2D eigenvalue weighted by atomic mass is 9.86. The zero-order chi connectivity index (χ0) is 37.7. The maximum absolute atomic E-state index is 2.65. The molecule has 0 bridgehead atoms. The first kappa shape index (κ1) is 58.1. The van der Waals surface area contributed by atoms with Gasteiger partial charge in [-0.3, -0.25) is 9.80 Å². The van der Waals surface area contributed by atoms with E-state index < -0.39 is 0 Å². The lowest BCUT2D eigenvalue weighted by Crippen LogP contribution is -2.50. The molecule has 5 fully saturated rings. The van der Waals surface area contributed by atoms with Gasteiger partial charge in [-0.15, -0.1) is 0 Å². The lowest BCUT2D eigenvalue weighted by Gasteiger charge is -2.38. The van der Waals surface area contributed by atoms with Crippen molar-refractivity contribution in [3.63, 3.8) is 0 Å². The van der Waals surface area contributed by atoms with Gasteiger partial charge < -0.3 is 19.6 Å². The molecule has 330 valence electrons. The van der Waals surface area contributed by atoms with Gasteiger partial charge in [0.1, 0.15) is 0 Å². The fourth-order valence-electron chi connectivity index (χ4n) is 8.88. The predicted octanol–water partition coefficient (Wildman–Crippen LogP) is 11.2. The minimum Gasteiger partial charge on any atom is -0.301 e. The Morgan fingerprint density at radius 1 is 0.278 bits per heavy atom. The molecule has 0 amide bonds. The topological polar surface area (TPSA) is 19.4 Å². The molecule has 5 aliphatic heterocycles. The summed E-state index contributed by atoms with van der Waals surface area (Å²) in [5.74, 6) is 5.67. The zero-order valence-corrected chi connectivity index (χ0v) is 36.9. The Hall–Kier alpha value is -0.240. The highest BCUT2D eigenvalue weighted by atomic mass is 15.3. The van der Waals surface area contributed by atoms with Crippen molar-refractivity contribution in [2.45, 2.75) is 202 Å². The van der Waals surface area contributed by atoms with Crippen LogP contribution in [-0.4, -0.2) is 144 Å². The molecule has 0 N–H and O–H groups in total. The number of rotatable bonds is 8. The molecule has 5 heterocycles. The highest BCUT2D eigenvalue weighted by molar-refractivity contribution is 4.94. The van der Waals surface area contributed by atoms with Crippen LogP contribution in [0.25, 0.3) is 0 Å². The molecule has 0 aromatic heterocycles. The van der Waals surface area contributed by atoms with Crippen LogP contribution in [0.4, 0.5) is 0 Å². The molecule has 54 heavy (non-hydrogen) atoms. The molecule has 5 saturated heterocycles. The molecule has 0 radical (unpaired) electrons. The third kappa shape index (κ3) is 20.0. The lowest BCUT2D eigenvalue weighted by molar-refractivity contribution is 0.0887. The Bertz CT molecular complexity index is 687. The maximum atomic E-state index is 2.65. The number of piperidine rings is 2. The van der Waals surface area contributed by atoms with Crippen molar-refractivity contribution in [1.29, 1.82) is 0 Å². The molecule has 0 aliphatic carbocycles. The maximum Gasteiger partial charge on any atom is 0.0113 e. The van der Waals surface area contributed by atoms with Gasteiger partial charge in [0.15, 0.2) is 0 Å². The van der Waals surface area contributed by atoms with Gasteiger partial charge in [0.25, 0.3) is 0 Å². The quantitative estimate of drug-likeness (QED) is 0.243. The van der Waals surface area contributed by atoms with Crippen LogP contribution in [0.15, 0.2) is 0 Å². The second-order valence-electron chi connectivity index (χ2n) is 19.3. The van der Waals surface area contributed by atoms with Crippen molar-refractivity contribution >= 4 is 0 Å². The van der Waals surface area contributed by atoms with E-state index in [9.17, 15) is 0 Å². The number of likely N-dealkylation sites (tertiary alicyclic amines) is 4. The van der Waals surface area contributed by atoms with Crippen molar-refractivity contribution in [2.24, 2.45) is 35.5 Å². The minimum absolute atomic E-state index is 0. The first-order valence-corrected chi connectivity index (χ1v) is 21.8. The highest BCUT2D eigenvalue weighted by Gasteiger charge is 2.41. The largest absolute Gasteiger partial charge is 0.301 e. The summed E-state index contributed by atoms with van der Waals surface area (Å²) in [6.07, 6.45) is 5.65. The highest BCUT2D eigenvalue weighted by Crippen LogP contribution is 2.33. The van der Waals surface area contributed by atoms with Crippen LogP contribution in [0.5, 0.6) is 0 Å². The van der Waals surface area contributed by atoms with Crippen LogP contribution >= 0.6 is 0 Å². The van der Waals surface area contributed by atoms with Gasteiger partial charge in [0.2, 0.25) is 0 Å². The first-order valence-electron chi connectivity index (χ1n) is 21.8. The van der Waals surface area contributed by atoms with Gasteiger partial charge in [-0.2, -0.15) is 0 Å². The fraction of sp³-hybridized carbons (Fsp3) is 1.00. The number of hydrogen-bond donors (Lipinski definition) is 0. The average molecular weight is 769 g/mol. The van der Waals surface area contributed by atoms with Gasteiger partial charge in [-0.25, -0.2) is 0 Å². The molecule has 6 heteroatoms. The summed E-state index contributed by atoms with van der Waals surface area (Å²) in [6, 6.07) is 4.43. The van der Waals surface area contributed by atoms with E-state index in [0.29, 0.717) is 0 Å². The van der Waals surface area contributed by atoms with Crippen LogP contribution in [-0.2, 0) is 0 Å². The van der Waals surface area contributed by atoms with E-state index in [1.54, 1.807) is 0 Å². The van der Waals surface area contributed by atoms with Crippen LogP contribution < -0.4 is 0 Å². The third-order valence-electron chi connectivity index (χ3n) is 13.3. The van der Waals surface area contributed by atoms with E-state index >= 15 is 0 Å². The van der Waals surface area contributed by atoms with Crippen molar-refractivity contribution in [1.82, 2.24) is 29.4 Å². The molecule has 0 aromatic rings. The normalized spacial score (nSPS) is 24.0. The van der Waals surface area contributed by atoms with Gasteiger partial charge in [-0.1, -0.05) is 57.4 Å². The molecule has 5 aliphatic rings. The van der Waals surface area contributed by atoms with E-state index in [1.165, 1.54) is 104 Å². The summed E-state index contributed by atoms with van der Waals surface area (Å²) in [7, 11) is 0. The molecular weight excluding hydrogens is 661 g/mol. The standard InChI is InChI=1S/C12H24N2.2C11H23N.C10H22N2.4CH4/c1-9(2)13-5-11-7-14(10(3)4)8-12(11)6-13;3*1-9(2)11-5-7-12(8-6-11)10(3)4;;;;/h9-12H,5-8H2,1-4H3;2*9-11H,5-8H2,1-4H3;9-10H,5-8H2,1-4H3;4*1H4. The molecule has 0 saturated carbocycles. The summed E-state index contributed by atoms with van der Waals surface area (Å²) in [6.45, 7) is 52.7. The molecule has 5 rings (SSSR count). The minimum atomic E-state index is 0. The Balaban J connectivity index is -0.000000628. The van der Waals surface area contributed by atoms with E-state index in [4.69, 9.17) is 0 Å². The summed E-state index contributed by atoms with van der Waals surface area (Å²) >= 11 is 0. The summed E-state index contributed by atoms with van der Waals surface area (Å²) < 4.78 is 0. The Morgan fingerprint density at radius 3 is 0.630 bits per heavy atom. The number of fused-ring (bicyclic) bond motifs is 1. The first-order chi connectivity index (χ1) is 23.4. The number of hydrogen-bond acceptors (Lipinski definition) is 6. The molecular formula is C48H108N6. The van der Waals surface area contributed by atoms with Crippen LogP contribution in [0.1, 0.15) is 166 Å². The van der Waals surface area contributed by atoms with Gasteiger partial charge in [-0.05, 0) is 170 Å². The molecule has 6 nitrogen and oxygen atoms in total. The smallest absolute Gasteiger partial charge is 0.0113 e. The molecule has 0 spiro atoms. The second-order valence-corrected chi connectivity index (χ2v) is 19.3. The Kier molecular flexibility index (Phi) is 31.2. The fourth-order valence-corrected chi connectivity index (χ4v) is 8.88. The SMILES string of the molecule is C.C.C.C.CC(C)C1CCN(C(C)C)CC1.CC(C)C1CCN(C(C)C)CC1.CC(C)N1CC2CN(C(C)C)CC2C1.CC(C)N1CCN(C(C)C)CC1. The van der Waals surface area contributed by atoms with Crippen molar-refractivity contribution < 1.29 is 0 Å². The monoisotopic (exact) mass is 769 g/mol. The van der Waals surface area contributed by atoms with E-state index in [2.05, 4.69) is 140 Å². The van der Waals surface area contributed by atoms with Crippen LogP contribution in [0.2, 0.25) is 0 Å². The van der Waals surface area contributed by atoms with Crippen LogP contribution in [0, 0.1) is 35.5 Å². The second kappa shape index (κ2) is 29.0. The molecule has 0 atom stereocenters. The third-order valence-corrected chi connectivity index (χ3v) is 13.3. The molecule has 0 unspecified atom stereocenters. The predicted molar refractivity (Wildman–Crippen MR) is 249 cm³/mol. The summed E-state index contributed by atoms with van der Waals surface area (Å²) in [5, 5.41) is 0. The summed E-state index contributed by atoms with van der Waals surface area (Å²) in [4.78, 5) is 15.6. The Labute approximate surface area is 344 Å². The van der Waals surface area contributed by atoms with Gasteiger partial charge in [0, 0.05) is 88.6 Å². The van der Waals surface area contributed by atoms with E-state index in [-0.39, 0.29) is 29.7 Å². The average Bonchev–Trinajstić information content (AvgIpc) is 3.66. The molecule has 0 aromatic carbocycles. The Morgan fingerprint density at radius 2 is 0.463 bits per heavy atom. The van der Waals surface area contributed by atoms with E-state index in [0.717, 1.165) is 71.8 Å². The van der Waals surface area contributed by atoms with Gasteiger partial charge in [0.05, 0.1) is 0 Å². The van der Waals surface area contributed by atoms with Gasteiger partial charge >= 0.3 is 0 Å². The van der Waals surface area contributed by atoms with E-state index in [1.807, 2.05) is 0 Å². The summed E-state index contributed by atoms with van der Waals surface area (Å²) in [5.41, 5.74) is 0. The van der Waals surface area contributed by atoms with Crippen molar-refractivity contribution in [3.8, 4) is 0 Å². The van der Waals surface area contributed by atoms with Crippen molar-refractivity contribution in [3.05, 3.63) is 0 Å².